The van der Waals surface area contributed by atoms with Crippen LogP contribution in [0.1, 0.15) is 19.3 Å². The zero-order valence-corrected chi connectivity index (χ0v) is 17.6. The lowest BCUT2D eigenvalue weighted by atomic mass is 10.3. The van der Waals surface area contributed by atoms with Crippen LogP contribution in [0.2, 0.25) is 0 Å². The Hall–Kier alpha value is -2.42. The number of aromatic nitrogens is 2. The van der Waals surface area contributed by atoms with Crippen LogP contribution < -0.4 is 10.2 Å². The van der Waals surface area contributed by atoms with Gasteiger partial charge in [0.05, 0.1) is 6.61 Å². The van der Waals surface area contributed by atoms with Gasteiger partial charge in [0, 0.05) is 78.8 Å². The van der Waals surface area contributed by atoms with Gasteiger partial charge in [0.2, 0.25) is 11.9 Å². The molecule has 3 rings (SSSR count). The number of likely N-dealkylation sites (N-methyl/N-ethyl adjacent to an activating group) is 1. The van der Waals surface area contributed by atoms with Crippen molar-refractivity contribution in [2.24, 2.45) is 10.9 Å². The number of aliphatic imine (C=N–C) groups is 1. The van der Waals surface area contributed by atoms with Crippen LogP contribution in [-0.2, 0) is 9.53 Å². The first-order valence-corrected chi connectivity index (χ1v) is 10.5. The third-order valence-corrected chi connectivity index (χ3v) is 5.28. The predicted molar refractivity (Wildman–Crippen MR) is 113 cm³/mol. The highest BCUT2D eigenvalue weighted by atomic mass is 16.5. The molecule has 0 unspecified atom stereocenters. The second kappa shape index (κ2) is 10.9. The van der Waals surface area contributed by atoms with Gasteiger partial charge in [0.25, 0.3) is 0 Å². The number of carbonyl (C=O) groups is 1. The minimum absolute atomic E-state index is 0.164. The quantitative estimate of drug-likeness (QED) is 0.364. The highest BCUT2D eigenvalue weighted by Crippen LogP contribution is 2.28. The van der Waals surface area contributed by atoms with Gasteiger partial charge in [0.15, 0.2) is 5.96 Å². The number of hydrogen-bond donors (Lipinski definition) is 1. The predicted octanol–water partition coefficient (Wildman–Crippen LogP) is 0.449. The van der Waals surface area contributed by atoms with E-state index >= 15 is 0 Å². The smallest absolute Gasteiger partial charge is 0.225 e. The van der Waals surface area contributed by atoms with Crippen molar-refractivity contribution >= 4 is 17.8 Å². The first-order chi connectivity index (χ1) is 14.2. The molecule has 0 radical (unpaired) electrons. The van der Waals surface area contributed by atoms with Gasteiger partial charge in [-0.15, -0.1) is 0 Å². The van der Waals surface area contributed by atoms with Crippen molar-refractivity contribution in [1.82, 2.24) is 25.1 Å². The Morgan fingerprint density at radius 1 is 1.28 bits per heavy atom. The van der Waals surface area contributed by atoms with E-state index in [-0.39, 0.29) is 5.91 Å². The third-order valence-electron chi connectivity index (χ3n) is 5.28. The highest BCUT2D eigenvalue weighted by molar-refractivity contribution is 5.81. The molecule has 2 heterocycles. The first kappa shape index (κ1) is 21.3. The lowest BCUT2D eigenvalue weighted by Gasteiger charge is -2.34. The monoisotopic (exact) mass is 403 g/mol. The van der Waals surface area contributed by atoms with E-state index in [1.807, 2.05) is 22.9 Å². The Bertz CT molecular complexity index is 658. The molecular weight excluding hydrogens is 370 g/mol. The number of rotatable bonds is 9. The minimum Gasteiger partial charge on any atom is -0.379 e. The van der Waals surface area contributed by atoms with Gasteiger partial charge in [-0.3, -0.25) is 9.79 Å². The Kier molecular flexibility index (Phi) is 8.03. The second-order valence-corrected chi connectivity index (χ2v) is 7.58. The van der Waals surface area contributed by atoms with E-state index in [1.54, 1.807) is 19.4 Å². The number of nitrogens with zero attached hydrogens (tertiary/aromatic N) is 6. The number of anilines is 1. The molecule has 29 heavy (non-hydrogen) atoms. The second-order valence-electron chi connectivity index (χ2n) is 7.58. The molecule has 1 aromatic rings. The van der Waals surface area contributed by atoms with Gasteiger partial charge in [-0.2, -0.15) is 0 Å². The van der Waals surface area contributed by atoms with E-state index in [1.165, 1.54) is 12.8 Å². The molecule has 1 N–H and O–H groups in total. The van der Waals surface area contributed by atoms with Crippen molar-refractivity contribution in [3.05, 3.63) is 18.5 Å². The van der Waals surface area contributed by atoms with Crippen LogP contribution in [0.15, 0.2) is 23.5 Å². The molecule has 9 heteroatoms. The first-order valence-electron chi connectivity index (χ1n) is 10.5. The molecule has 1 amide bonds. The maximum atomic E-state index is 12.5. The van der Waals surface area contributed by atoms with E-state index in [4.69, 9.17) is 4.74 Å². The molecule has 1 aliphatic carbocycles. The highest BCUT2D eigenvalue weighted by Gasteiger charge is 2.22. The zero-order valence-electron chi connectivity index (χ0n) is 17.6. The molecular formula is C20H33N7O2. The van der Waals surface area contributed by atoms with Gasteiger partial charge >= 0.3 is 0 Å². The number of nitrogens with one attached hydrogen (secondary N) is 1. The SMILES string of the molecule is CN=C(NCCC(=O)N1CCN(c2ncccn2)CC1)N(C)CCOCC1CC1. The summed E-state index contributed by atoms with van der Waals surface area (Å²) in [6, 6.07) is 1.81. The van der Waals surface area contributed by atoms with Gasteiger partial charge in [0.1, 0.15) is 0 Å². The Morgan fingerprint density at radius 2 is 2.00 bits per heavy atom. The van der Waals surface area contributed by atoms with Gasteiger partial charge in [-0.05, 0) is 24.8 Å². The van der Waals surface area contributed by atoms with Crippen molar-refractivity contribution < 1.29 is 9.53 Å². The third kappa shape index (κ3) is 6.85. The number of hydrogen-bond acceptors (Lipinski definition) is 6. The Labute approximate surface area is 173 Å². The standard InChI is InChI=1S/C20H33N7O2/c1-21-19(25(2)14-15-29-16-17-4-5-17)24-9-6-18(28)26-10-12-27(13-11-26)20-22-7-3-8-23-20/h3,7-8,17H,4-6,9-16H2,1-2H3,(H,21,24). The maximum Gasteiger partial charge on any atom is 0.225 e. The molecule has 0 bridgehead atoms. The maximum absolute atomic E-state index is 12.5. The van der Waals surface area contributed by atoms with E-state index in [0.29, 0.717) is 32.7 Å². The van der Waals surface area contributed by atoms with E-state index in [0.717, 1.165) is 44.1 Å². The number of carbonyl (C=O) groups excluding carboxylic acids is 1. The van der Waals surface area contributed by atoms with E-state index in [2.05, 4.69) is 25.2 Å². The van der Waals surface area contributed by atoms with Crippen LogP contribution in [0.3, 0.4) is 0 Å². The summed E-state index contributed by atoms with van der Waals surface area (Å²) < 4.78 is 5.69. The molecule has 1 aromatic heterocycles. The Morgan fingerprint density at radius 3 is 2.66 bits per heavy atom. The summed E-state index contributed by atoms with van der Waals surface area (Å²) in [5.41, 5.74) is 0. The molecule has 0 aromatic carbocycles. The number of ether oxygens (including phenoxy) is 1. The molecule has 9 nitrogen and oxygen atoms in total. The molecule has 1 aliphatic heterocycles. The van der Waals surface area contributed by atoms with Crippen LogP contribution in [0, 0.1) is 5.92 Å². The zero-order chi connectivity index (χ0) is 20.5. The summed E-state index contributed by atoms with van der Waals surface area (Å²) in [5, 5.41) is 3.28. The van der Waals surface area contributed by atoms with E-state index in [9.17, 15) is 4.79 Å². The molecule has 2 fully saturated rings. The molecule has 2 aliphatic rings. The normalized spacial score (nSPS) is 17.4. The average molecular weight is 404 g/mol. The fraction of sp³-hybridized carbons (Fsp3) is 0.700. The summed E-state index contributed by atoms with van der Waals surface area (Å²) in [6.07, 6.45) is 6.56. The molecule has 160 valence electrons. The average Bonchev–Trinajstić information content (AvgIpc) is 3.59. The van der Waals surface area contributed by atoms with Crippen molar-refractivity contribution in [3.63, 3.8) is 0 Å². The minimum atomic E-state index is 0.164. The fourth-order valence-electron chi connectivity index (χ4n) is 3.28. The number of guanidine groups is 1. The Balaban J connectivity index is 1.31. The topological polar surface area (TPSA) is 86.2 Å². The summed E-state index contributed by atoms with van der Waals surface area (Å²) in [4.78, 5) is 31.5. The van der Waals surface area contributed by atoms with Crippen LogP contribution in [-0.4, -0.2) is 98.2 Å². The molecule has 0 spiro atoms. The van der Waals surface area contributed by atoms with Crippen LogP contribution in [0.4, 0.5) is 5.95 Å². The van der Waals surface area contributed by atoms with Gasteiger partial charge < -0.3 is 24.8 Å². The van der Waals surface area contributed by atoms with Crippen molar-refractivity contribution in [1.29, 1.82) is 0 Å². The largest absolute Gasteiger partial charge is 0.379 e. The lowest BCUT2D eigenvalue weighted by Crippen LogP contribution is -2.50. The number of piperazine rings is 1. The van der Waals surface area contributed by atoms with Crippen molar-refractivity contribution in [2.45, 2.75) is 19.3 Å². The number of amides is 1. The molecule has 1 saturated heterocycles. The molecule has 0 atom stereocenters. The van der Waals surface area contributed by atoms with Gasteiger partial charge in [-0.25, -0.2) is 9.97 Å². The summed E-state index contributed by atoms with van der Waals surface area (Å²) in [7, 11) is 3.75. The summed E-state index contributed by atoms with van der Waals surface area (Å²) >= 11 is 0. The lowest BCUT2D eigenvalue weighted by molar-refractivity contribution is -0.131. The van der Waals surface area contributed by atoms with E-state index < -0.39 is 0 Å². The molecule has 1 saturated carbocycles. The van der Waals surface area contributed by atoms with Crippen molar-refractivity contribution in [3.8, 4) is 0 Å². The van der Waals surface area contributed by atoms with Crippen LogP contribution in [0.25, 0.3) is 0 Å². The van der Waals surface area contributed by atoms with Crippen LogP contribution in [0.5, 0.6) is 0 Å². The van der Waals surface area contributed by atoms with Crippen molar-refractivity contribution in [2.75, 3.05) is 71.5 Å². The summed E-state index contributed by atoms with van der Waals surface area (Å²) in [6.45, 7) is 5.84. The fourth-order valence-corrected chi connectivity index (χ4v) is 3.28. The van der Waals surface area contributed by atoms with Gasteiger partial charge in [-0.1, -0.05) is 0 Å². The van der Waals surface area contributed by atoms with Crippen LogP contribution >= 0.6 is 0 Å². The summed E-state index contributed by atoms with van der Waals surface area (Å²) in [5.74, 6) is 2.47.